The molecule has 0 spiro atoms. The van der Waals surface area contributed by atoms with Crippen LogP contribution in [0.4, 0.5) is 0 Å². The average molecular weight is 1040 g/mol. The summed E-state index contributed by atoms with van der Waals surface area (Å²) in [6.45, 7) is 4.94. The Labute approximate surface area is 462 Å². The zero-order valence-corrected chi connectivity index (χ0v) is 50.1. The van der Waals surface area contributed by atoms with Gasteiger partial charge in [0.25, 0.3) is 0 Å². The van der Waals surface area contributed by atoms with Crippen molar-refractivity contribution < 1.29 is 24.5 Å². The van der Waals surface area contributed by atoms with Gasteiger partial charge in [-0.3, -0.25) is 9.59 Å². The first-order chi connectivity index (χ1) is 36.5. The first-order valence-corrected chi connectivity index (χ1v) is 33.6. The molecule has 438 valence electrons. The normalized spacial score (nSPS) is 12.6. The topological polar surface area (TPSA) is 95.9 Å². The van der Waals surface area contributed by atoms with Crippen molar-refractivity contribution in [3.63, 3.8) is 0 Å². The highest BCUT2D eigenvalue weighted by molar-refractivity contribution is 5.76. The number of amides is 1. The minimum absolute atomic E-state index is 0.0165. The van der Waals surface area contributed by atoms with E-state index in [1.165, 1.54) is 263 Å². The third-order valence-electron chi connectivity index (χ3n) is 15.8. The average Bonchev–Trinajstić information content (AvgIpc) is 3.40. The summed E-state index contributed by atoms with van der Waals surface area (Å²) in [5.41, 5.74) is 0. The fourth-order valence-electron chi connectivity index (χ4n) is 10.6. The molecule has 6 heteroatoms. The van der Waals surface area contributed by atoms with Gasteiger partial charge in [0.1, 0.15) is 0 Å². The summed E-state index contributed by atoms with van der Waals surface area (Å²) >= 11 is 0. The number of ether oxygens (including phenoxy) is 1. The molecule has 74 heavy (non-hydrogen) atoms. The van der Waals surface area contributed by atoms with Crippen LogP contribution in [0.15, 0.2) is 24.3 Å². The molecular formula is C68H131NO5. The van der Waals surface area contributed by atoms with Crippen molar-refractivity contribution in [1.29, 1.82) is 0 Å². The van der Waals surface area contributed by atoms with Crippen LogP contribution in [-0.2, 0) is 14.3 Å². The van der Waals surface area contributed by atoms with Crippen LogP contribution >= 0.6 is 0 Å². The molecular weight excluding hydrogens is 911 g/mol. The summed E-state index contributed by atoms with van der Waals surface area (Å²) < 4.78 is 5.47. The number of carbonyl (C=O) groups excluding carboxylic acids is 2. The van der Waals surface area contributed by atoms with Gasteiger partial charge < -0.3 is 20.3 Å². The molecule has 0 aromatic carbocycles. The molecule has 0 aromatic heterocycles. The molecule has 0 heterocycles. The highest BCUT2D eigenvalue weighted by Gasteiger charge is 2.20. The van der Waals surface area contributed by atoms with Gasteiger partial charge in [-0.1, -0.05) is 327 Å². The molecule has 0 aliphatic carbocycles. The number of aliphatic hydroxyl groups excluding tert-OH is 2. The summed E-state index contributed by atoms with van der Waals surface area (Å²) in [5.74, 6) is -0.0695. The van der Waals surface area contributed by atoms with Crippen molar-refractivity contribution in [2.45, 2.75) is 386 Å². The van der Waals surface area contributed by atoms with Crippen molar-refractivity contribution in [2.24, 2.45) is 0 Å². The van der Waals surface area contributed by atoms with Crippen LogP contribution in [0, 0.1) is 0 Å². The number of esters is 1. The van der Waals surface area contributed by atoms with Crippen LogP contribution in [-0.4, -0.2) is 47.4 Å². The van der Waals surface area contributed by atoms with E-state index in [0.29, 0.717) is 25.9 Å². The number of rotatable bonds is 63. The molecule has 0 aliphatic rings. The Hall–Kier alpha value is -1.66. The van der Waals surface area contributed by atoms with E-state index >= 15 is 0 Å². The highest BCUT2D eigenvalue weighted by Crippen LogP contribution is 2.19. The van der Waals surface area contributed by atoms with Crippen LogP contribution < -0.4 is 5.32 Å². The molecule has 1 amide bonds. The van der Waals surface area contributed by atoms with Crippen LogP contribution in [0.2, 0.25) is 0 Å². The van der Waals surface area contributed by atoms with Gasteiger partial charge in [-0.15, -0.1) is 0 Å². The number of unbranched alkanes of at least 4 members (excludes halogenated alkanes) is 49. The van der Waals surface area contributed by atoms with Gasteiger partial charge in [0.05, 0.1) is 25.4 Å². The Morgan fingerprint density at radius 3 is 1.00 bits per heavy atom. The van der Waals surface area contributed by atoms with Gasteiger partial charge >= 0.3 is 5.97 Å². The van der Waals surface area contributed by atoms with Gasteiger partial charge in [-0.2, -0.15) is 0 Å². The lowest BCUT2D eigenvalue weighted by atomic mass is 10.0. The zero-order valence-electron chi connectivity index (χ0n) is 50.1. The highest BCUT2D eigenvalue weighted by atomic mass is 16.5. The first-order valence-electron chi connectivity index (χ1n) is 33.6. The fraction of sp³-hybridized carbons (Fsp3) is 0.912. The maximum absolute atomic E-state index is 12.5. The molecule has 0 bridgehead atoms. The van der Waals surface area contributed by atoms with Crippen LogP contribution in [0.25, 0.3) is 0 Å². The van der Waals surface area contributed by atoms with E-state index < -0.39 is 12.1 Å². The molecule has 6 nitrogen and oxygen atoms in total. The molecule has 0 saturated heterocycles. The molecule has 2 atom stereocenters. The van der Waals surface area contributed by atoms with Crippen molar-refractivity contribution in [3.05, 3.63) is 24.3 Å². The minimum Gasteiger partial charge on any atom is -0.466 e. The van der Waals surface area contributed by atoms with Crippen LogP contribution in [0.1, 0.15) is 373 Å². The summed E-state index contributed by atoms with van der Waals surface area (Å²) in [6, 6.07) is -0.559. The fourth-order valence-corrected chi connectivity index (χ4v) is 10.6. The van der Waals surface area contributed by atoms with E-state index in [4.69, 9.17) is 4.74 Å². The quantitative estimate of drug-likeness (QED) is 0.0320. The van der Waals surface area contributed by atoms with E-state index in [1.807, 2.05) is 0 Å². The lowest BCUT2D eigenvalue weighted by Gasteiger charge is -2.22. The van der Waals surface area contributed by atoms with E-state index in [9.17, 15) is 19.8 Å². The molecule has 3 N–H and O–H groups in total. The zero-order chi connectivity index (χ0) is 53.6. The summed E-state index contributed by atoms with van der Waals surface area (Å²) in [6.07, 6.45) is 79.2. The SMILES string of the molecule is CCCCCCCCCCCCCCCCCCCCCCCCCCCC(O)C(CO)NC(=O)CCCCCCCC/C=C\C=C/CCCCCOC(=O)CCCCCCCCCCCCCCCCCCC. The summed E-state index contributed by atoms with van der Waals surface area (Å²) in [7, 11) is 0. The predicted molar refractivity (Wildman–Crippen MR) is 324 cm³/mol. The second-order valence-electron chi connectivity index (χ2n) is 23.2. The smallest absolute Gasteiger partial charge is 0.305 e. The number of allylic oxidation sites excluding steroid dienone is 4. The second-order valence-corrected chi connectivity index (χ2v) is 23.2. The largest absolute Gasteiger partial charge is 0.466 e. The molecule has 0 radical (unpaired) electrons. The molecule has 2 unspecified atom stereocenters. The van der Waals surface area contributed by atoms with Gasteiger partial charge in [0.2, 0.25) is 5.91 Å². The van der Waals surface area contributed by atoms with Crippen molar-refractivity contribution in [1.82, 2.24) is 5.32 Å². The van der Waals surface area contributed by atoms with E-state index in [1.54, 1.807) is 0 Å². The second kappa shape index (κ2) is 63.9. The van der Waals surface area contributed by atoms with Gasteiger partial charge in [-0.25, -0.2) is 0 Å². The number of aliphatic hydroxyl groups is 2. The Morgan fingerprint density at radius 2 is 0.662 bits per heavy atom. The standard InChI is InChI=1S/C68H131NO5/c1-3-5-7-9-11-13-15-17-19-21-22-23-24-25-26-27-28-30-32-36-40-44-48-52-56-60-66(71)65(64-70)69-67(72)61-57-53-49-45-41-37-33-31-35-39-43-47-51-55-59-63-74-68(73)62-58-54-50-46-42-38-34-29-20-18-16-14-12-10-8-6-4-2/h31,35,39,43,65-66,70-71H,3-30,32-34,36-38,40-42,44-64H2,1-2H3,(H,69,72)/b35-31-,43-39-. The molecule has 0 rings (SSSR count). The molecule has 0 fully saturated rings. The van der Waals surface area contributed by atoms with Crippen LogP contribution in [0.3, 0.4) is 0 Å². The van der Waals surface area contributed by atoms with Gasteiger partial charge in [0.15, 0.2) is 0 Å². The third kappa shape index (κ3) is 59.6. The number of nitrogens with one attached hydrogen (secondary N) is 1. The van der Waals surface area contributed by atoms with Gasteiger partial charge in [0, 0.05) is 12.8 Å². The van der Waals surface area contributed by atoms with Crippen molar-refractivity contribution >= 4 is 11.9 Å². The van der Waals surface area contributed by atoms with Crippen LogP contribution in [0.5, 0.6) is 0 Å². The lowest BCUT2D eigenvalue weighted by Crippen LogP contribution is -2.45. The Balaban J connectivity index is 3.47. The lowest BCUT2D eigenvalue weighted by molar-refractivity contribution is -0.143. The first kappa shape index (κ1) is 72.3. The number of carbonyl (C=O) groups is 2. The summed E-state index contributed by atoms with van der Waals surface area (Å²) in [4.78, 5) is 24.6. The maximum atomic E-state index is 12.5. The molecule has 0 saturated carbocycles. The summed E-state index contributed by atoms with van der Waals surface area (Å²) in [5, 5.41) is 23.4. The van der Waals surface area contributed by atoms with E-state index in [2.05, 4.69) is 43.5 Å². The maximum Gasteiger partial charge on any atom is 0.305 e. The van der Waals surface area contributed by atoms with Crippen molar-refractivity contribution in [3.8, 4) is 0 Å². The number of hydrogen-bond acceptors (Lipinski definition) is 5. The van der Waals surface area contributed by atoms with E-state index in [-0.39, 0.29) is 18.5 Å². The monoisotopic (exact) mass is 1040 g/mol. The molecule has 0 aromatic rings. The van der Waals surface area contributed by atoms with E-state index in [0.717, 1.165) is 77.0 Å². The van der Waals surface area contributed by atoms with Crippen molar-refractivity contribution in [2.75, 3.05) is 13.2 Å². The minimum atomic E-state index is -0.680. The number of hydrogen-bond donors (Lipinski definition) is 3. The van der Waals surface area contributed by atoms with Gasteiger partial charge in [-0.05, 0) is 57.8 Å². The molecule has 0 aliphatic heterocycles. The third-order valence-corrected chi connectivity index (χ3v) is 15.8. The Kier molecular flexibility index (Phi) is 62.4. The predicted octanol–water partition coefficient (Wildman–Crippen LogP) is 21.4. The Bertz CT molecular complexity index is 1150. The Morgan fingerprint density at radius 1 is 0.378 bits per heavy atom.